The van der Waals surface area contributed by atoms with Crippen LogP contribution in [0, 0.1) is 0 Å². The second kappa shape index (κ2) is 10.5. The molecule has 14 heteroatoms. The summed E-state index contributed by atoms with van der Waals surface area (Å²) in [6.45, 7) is 1.37. The van der Waals surface area contributed by atoms with Crippen LogP contribution in [0.3, 0.4) is 0 Å². The van der Waals surface area contributed by atoms with Crippen molar-refractivity contribution in [1.82, 2.24) is 25.2 Å². The molecule has 12 nitrogen and oxygen atoms in total. The third-order valence-electron chi connectivity index (χ3n) is 5.42. The molecule has 2 atom stereocenters. The predicted octanol–water partition coefficient (Wildman–Crippen LogP) is 1.10. The minimum absolute atomic E-state index is 0.163. The van der Waals surface area contributed by atoms with Crippen LogP contribution in [0.15, 0.2) is 34.4 Å². The summed E-state index contributed by atoms with van der Waals surface area (Å²) >= 11 is 12.1. The Kier molecular flexibility index (Phi) is 7.43. The van der Waals surface area contributed by atoms with Crippen molar-refractivity contribution >= 4 is 58.7 Å². The second-order valence-electron chi connectivity index (χ2n) is 7.83. The molecule has 1 fully saturated rings. The van der Waals surface area contributed by atoms with Gasteiger partial charge >= 0.3 is 0 Å². The number of amidine groups is 1. The van der Waals surface area contributed by atoms with Crippen LogP contribution < -0.4 is 10.2 Å². The lowest BCUT2D eigenvalue weighted by molar-refractivity contribution is -0.145. The van der Waals surface area contributed by atoms with Gasteiger partial charge in [-0.15, -0.1) is 5.10 Å². The minimum atomic E-state index is -0.937. The number of ether oxygens (including phenoxy) is 1. The Bertz CT molecular complexity index is 1210. The van der Waals surface area contributed by atoms with Crippen LogP contribution >= 0.6 is 23.2 Å². The Morgan fingerprint density at radius 2 is 2.03 bits per heavy atom. The van der Waals surface area contributed by atoms with E-state index >= 15 is 0 Å². The normalized spacial score (nSPS) is 18.7. The number of hydrogen-bond donors (Lipinski definition) is 1. The van der Waals surface area contributed by atoms with Crippen molar-refractivity contribution in [3.05, 3.63) is 34.6 Å². The first-order valence-electron chi connectivity index (χ1n) is 10.6. The smallest absolute Gasteiger partial charge is 0.248 e. The van der Waals surface area contributed by atoms with Crippen LogP contribution in [-0.4, -0.2) is 88.7 Å². The molecule has 1 aromatic heterocycles. The molecule has 3 amide bonds. The molecule has 0 spiro atoms. The van der Waals surface area contributed by atoms with Gasteiger partial charge in [0.05, 0.1) is 23.8 Å². The summed E-state index contributed by atoms with van der Waals surface area (Å²) in [6, 6.07) is 3.89. The SMILES string of the molecule is COCCC(C(=O)NC1=NC(C)N=C1)N1CC(=O)N(c2cc(Cl)ccc2-n2cc(Cl)nn2)CC1=O. The van der Waals surface area contributed by atoms with E-state index in [4.69, 9.17) is 27.9 Å². The van der Waals surface area contributed by atoms with Crippen LogP contribution in [0.2, 0.25) is 10.2 Å². The monoisotopic (exact) mass is 520 g/mol. The topological polar surface area (TPSA) is 134 Å². The summed E-state index contributed by atoms with van der Waals surface area (Å²) in [5, 5.41) is 10.9. The fourth-order valence-electron chi connectivity index (χ4n) is 3.78. The largest absolute Gasteiger partial charge is 0.385 e. The van der Waals surface area contributed by atoms with E-state index in [2.05, 4.69) is 25.6 Å². The van der Waals surface area contributed by atoms with Gasteiger partial charge in [0.15, 0.2) is 5.15 Å². The summed E-state index contributed by atoms with van der Waals surface area (Å²) < 4.78 is 6.51. The average Bonchev–Trinajstić information content (AvgIpc) is 3.43. The van der Waals surface area contributed by atoms with Crippen LogP contribution in [0.25, 0.3) is 5.69 Å². The lowest BCUT2D eigenvalue weighted by Crippen LogP contribution is -2.61. The molecule has 1 N–H and O–H groups in total. The molecule has 2 unspecified atom stereocenters. The highest BCUT2D eigenvalue weighted by Gasteiger charge is 2.39. The second-order valence-corrected chi connectivity index (χ2v) is 8.65. The Morgan fingerprint density at radius 3 is 2.69 bits per heavy atom. The van der Waals surface area contributed by atoms with E-state index < -0.39 is 23.8 Å². The highest BCUT2D eigenvalue weighted by atomic mass is 35.5. The van der Waals surface area contributed by atoms with E-state index in [9.17, 15) is 14.4 Å². The molecule has 3 heterocycles. The maximum absolute atomic E-state index is 13.2. The number of benzene rings is 1. The summed E-state index contributed by atoms with van der Waals surface area (Å²) in [6.07, 6.45) is 2.83. The fraction of sp³-hybridized carbons (Fsp3) is 0.381. The van der Waals surface area contributed by atoms with E-state index in [1.54, 1.807) is 25.1 Å². The number of piperazine rings is 1. The van der Waals surface area contributed by atoms with Crippen molar-refractivity contribution in [3.8, 4) is 5.69 Å². The number of nitrogens with one attached hydrogen (secondary N) is 1. The number of carbonyl (C=O) groups is 3. The molecule has 0 aliphatic carbocycles. The quantitative estimate of drug-likeness (QED) is 0.580. The number of amides is 3. The van der Waals surface area contributed by atoms with Gasteiger partial charge in [0.2, 0.25) is 17.7 Å². The highest BCUT2D eigenvalue weighted by molar-refractivity contribution is 6.34. The predicted molar refractivity (Wildman–Crippen MR) is 129 cm³/mol. The maximum Gasteiger partial charge on any atom is 0.248 e. The van der Waals surface area contributed by atoms with Gasteiger partial charge in [0, 0.05) is 25.2 Å². The van der Waals surface area contributed by atoms with Gasteiger partial charge < -0.3 is 15.0 Å². The first-order chi connectivity index (χ1) is 16.8. The number of halogens is 2. The number of hydrogen-bond acceptors (Lipinski definition) is 8. The molecule has 35 heavy (non-hydrogen) atoms. The number of aliphatic imine (C=N–C) groups is 2. The Labute approximate surface area is 210 Å². The van der Waals surface area contributed by atoms with Gasteiger partial charge in [-0.3, -0.25) is 24.3 Å². The molecule has 0 radical (unpaired) electrons. The molecular weight excluding hydrogens is 499 g/mol. The van der Waals surface area contributed by atoms with Crippen molar-refractivity contribution in [2.75, 3.05) is 31.7 Å². The van der Waals surface area contributed by atoms with Crippen LogP contribution in [-0.2, 0) is 19.1 Å². The van der Waals surface area contributed by atoms with Crippen LogP contribution in [0.1, 0.15) is 13.3 Å². The lowest BCUT2D eigenvalue weighted by Gasteiger charge is -2.38. The van der Waals surface area contributed by atoms with Gasteiger partial charge in [-0.1, -0.05) is 28.4 Å². The van der Waals surface area contributed by atoms with Crippen LogP contribution in [0.5, 0.6) is 0 Å². The van der Waals surface area contributed by atoms with Crippen molar-refractivity contribution in [2.24, 2.45) is 9.98 Å². The lowest BCUT2D eigenvalue weighted by atomic mass is 10.1. The van der Waals surface area contributed by atoms with E-state index in [1.165, 1.54) is 34.0 Å². The number of anilines is 1. The van der Waals surface area contributed by atoms with Crippen molar-refractivity contribution in [3.63, 3.8) is 0 Å². The minimum Gasteiger partial charge on any atom is -0.385 e. The Hall–Kier alpha value is -3.35. The molecule has 1 saturated heterocycles. The number of carbonyl (C=O) groups excluding carboxylic acids is 3. The number of nitrogens with zero attached hydrogens (tertiary/aromatic N) is 7. The van der Waals surface area contributed by atoms with Gasteiger partial charge in [0.25, 0.3) is 0 Å². The molecule has 4 rings (SSSR count). The number of methoxy groups -OCH3 is 1. The first-order valence-corrected chi connectivity index (χ1v) is 11.4. The number of rotatable bonds is 7. The molecule has 2 aromatic rings. The number of aromatic nitrogens is 3. The van der Waals surface area contributed by atoms with Crippen molar-refractivity contribution < 1.29 is 19.1 Å². The zero-order valence-corrected chi connectivity index (χ0v) is 20.4. The summed E-state index contributed by atoms with van der Waals surface area (Å²) in [5.41, 5.74) is 0.824. The van der Waals surface area contributed by atoms with E-state index in [-0.39, 0.29) is 37.4 Å². The van der Waals surface area contributed by atoms with Gasteiger partial charge in [-0.2, -0.15) is 0 Å². The standard InChI is InChI=1S/C21H22Cl2N8O4/c1-12-24-8-18(25-12)26-21(34)15(5-6-35-2)29-10-20(33)30(11-19(29)32)16-7-13(22)3-4-14(16)31-9-17(23)27-28-31/h3-4,7-9,12,15H,5-6,10-11H2,1-2H3,(H,25,26,34). The van der Waals surface area contributed by atoms with E-state index in [0.717, 1.165) is 0 Å². The summed E-state index contributed by atoms with van der Waals surface area (Å²) in [7, 11) is 1.49. The van der Waals surface area contributed by atoms with Gasteiger partial charge in [0.1, 0.15) is 31.1 Å². The molecule has 0 saturated carbocycles. The molecular formula is C21H22Cl2N8O4. The molecule has 2 aliphatic rings. The third kappa shape index (κ3) is 5.50. The third-order valence-corrected chi connectivity index (χ3v) is 5.83. The average molecular weight is 521 g/mol. The molecule has 1 aromatic carbocycles. The van der Waals surface area contributed by atoms with E-state index in [1.807, 2.05) is 0 Å². The van der Waals surface area contributed by atoms with E-state index in [0.29, 0.717) is 22.2 Å². The van der Waals surface area contributed by atoms with Gasteiger partial charge in [-0.25, -0.2) is 9.67 Å². The Balaban J connectivity index is 1.58. The first kappa shape index (κ1) is 24.8. The maximum atomic E-state index is 13.2. The molecule has 0 bridgehead atoms. The Morgan fingerprint density at radius 1 is 1.23 bits per heavy atom. The highest BCUT2D eigenvalue weighted by Crippen LogP contribution is 2.30. The zero-order chi connectivity index (χ0) is 25.1. The molecule has 184 valence electrons. The zero-order valence-electron chi connectivity index (χ0n) is 18.9. The fourth-order valence-corrected chi connectivity index (χ4v) is 4.08. The van der Waals surface area contributed by atoms with Crippen molar-refractivity contribution in [1.29, 1.82) is 0 Å². The summed E-state index contributed by atoms with van der Waals surface area (Å²) in [5.74, 6) is -0.990. The van der Waals surface area contributed by atoms with Crippen LogP contribution in [0.4, 0.5) is 5.69 Å². The molecule has 2 aliphatic heterocycles. The van der Waals surface area contributed by atoms with Gasteiger partial charge in [-0.05, 0) is 25.1 Å². The van der Waals surface area contributed by atoms with Crippen molar-refractivity contribution in [2.45, 2.75) is 25.6 Å². The summed E-state index contributed by atoms with van der Waals surface area (Å²) in [4.78, 5) is 50.3.